The van der Waals surface area contributed by atoms with E-state index in [0.717, 1.165) is 51.4 Å². The Labute approximate surface area is 207 Å². The molecule has 1 rings (SSSR count). The summed E-state index contributed by atoms with van der Waals surface area (Å²) in [6, 6.07) is 0. The molecule has 0 unspecified atom stereocenters. The molecule has 0 aromatic heterocycles. The van der Waals surface area contributed by atoms with Crippen LogP contribution in [0.2, 0.25) is 36.3 Å². The predicted octanol–water partition coefficient (Wildman–Crippen LogP) is 7.90. The van der Waals surface area contributed by atoms with Gasteiger partial charge in [-0.1, -0.05) is 55.0 Å². The fraction of sp³-hybridized carbons (Fsp3) is 0.889. The van der Waals surface area contributed by atoms with Crippen LogP contribution in [-0.4, -0.2) is 47.8 Å². The largest absolute Gasteiger partial charge is 0.417 e. The first-order valence-corrected chi connectivity index (χ1v) is 18.8. The minimum Gasteiger partial charge on any atom is -0.417 e. The third-order valence-corrected chi connectivity index (χ3v) is 17.2. The molecule has 0 aromatic rings. The molecule has 0 spiro atoms. The molecule has 4 nitrogen and oxygen atoms in total. The van der Waals surface area contributed by atoms with Crippen LogP contribution in [0.4, 0.5) is 0 Å². The van der Waals surface area contributed by atoms with Crippen LogP contribution in [0.1, 0.15) is 87.0 Å². The van der Waals surface area contributed by atoms with Crippen LogP contribution in [0, 0.1) is 5.92 Å². The molecule has 1 aliphatic rings. The molecule has 0 N–H and O–H groups in total. The molecule has 0 saturated carbocycles. The number of ether oxygens (including phenoxy) is 1. The van der Waals surface area contributed by atoms with Gasteiger partial charge in [0.25, 0.3) is 0 Å². The van der Waals surface area contributed by atoms with E-state index in [1.165, 1.54) is 5.57 Å². The zero-order valence-electron chi connectivity index (χ0n) is 23.7. The summed E-state index contributed by atoms with van der Waals surface area (Å²) in [7, 11) is -3.57. The summed E-state index contributed by atoms with van der Waals surface area (Å²) >= 11 is 0. The first-order valence-electron chi connectivity index (χ1n) is 13.0. The Morgan fingerprint density at radius 3 is 2.15 bits per heavy atom. The Balaban J connectivity index is 2.57. The van der Waals surface area contributed by atoms with Gasteiger partial charge in [0.2, 0.25) is 0 Å². The SMILES string of the molecule is C=C1C[C@H](CCCO[Si](C)(C)C(C)(C)C)O[C@H]1CC[C@H](C[C@@H](C)C=O)O[Si](C)(C)C(C)(C)C. The van der Waals surface area contributed by atoms with Gasteiger partial charge in [0.15, 0.2) is 16.6 Å². The van der Waals surface area contributed by atoms with Gasteiger partial charge in [0.1, 0.15) is 6.29 Å². The van der Waals surface area contributed by atoms with Crippen LogP contribution in [0.3, 0.4) is 0 Å². The van der Waals surface area contributed by atoms with Crippen LogP contribution in [0.25, 0.3) is 0 Å². The average molecular weight is 499 g/mol. The summed E-state index contributed by atoms with van der Waals surface area (Å²) in [5, 5.41) is 0.404. The van der Waals surface area contributed by atoms with Crippen molar-refractivity contribution < 1.29 is 18.4 Å². The van der Waals surface area contributed by atoms with Crippen molar-refractivity contribution in [1.29, 1.82) is 0 Å². The molecule has 1 saturated heterocycles. The summed E-state index contributed by atoms with van der Waals surface area (Å²) in [5.41, 5.74) is 1.21. The average Bonchev–Trinajstić information content (AvgIpc) is 3.00. The quantitative estimate of drug-likeness (QED) is 0.112. The maximum atomic E-state index is 11.3. The third-order valence-electron chi connectivity index (χ3n) is 8.13. The Morgan fingerprint density at radius 1 is 1.06 bits per heavy atom. The lowest BCUT2D eigenvalue weighted by atomic mass is 9.98. The van der Waals surface area contributed by atoms with Crippen LogP contribution < -0.4 is 0 Å². The zero-order valence-corrected chi connectivity index (χ0v) is 25.7. The second kappa shape index (κ2) is 12.1. The van der Waals surface area contributed by atoms with Gasteiger partial charge in [0.05, 0.1) is 12.2 Å². The van der Waals surface area contributed by atoms with Crippen LogP contribution in [0.15, 0.2) is 12.2 Å². The fourth-order valence-corrected chi connectivity index (χ4v) is 6.21. The van der Waals surface area contributed by atoms with E-state index in [1.807, 2.05) is 6.92 Å². The molecule has 0 radical (unpaired) electrons. The van der Waals surface area contributed by atoms with Crippen LogP contribution >= 0.6 is 0 Å². The number of hydrogen-bond donors (Lipinski definition) is 0. The zero-order chi connectivity index (χ0) is 25.7. The van der Waals surface area contributed by atoms with Gasteiger partial charge in [-0.05, 0) is 80.4 Å². The highest BCUT2D eigenvalue weighted by molar-refractivity contribution is 6.74. The molecular weight excluding hydrogens is 444 g/mol. The first kappa shape index (κ1) is 30.8. The van der Waals surface area contributed by atoms with Crippen molar-refractivity contribution in [2.75, 3.05) is 6.61 Å². The molecule has 0 bridgehead atoms. The molecule has 4 atom stereocenters. The standard InChI is InChI=1S/C27H54O4Si2/c1-21(20-28)18-24(31-33(11,12)27(6,7)8)15-16-25-22(2)19-23(30-25)14-13-17-29-32(9,10)26(3,4)5/h20-21,23-25H,2,13-19H2,1,3-12H3/t21-,23+,24-,25+/m1/s1. The van der Waals surface area contributed by atoms with E-state index in [0.29, 0.717) is 0 Å². The molecule has 1 aliphatic heterocycles. The van der Waals surface area contributed by atoms with E-state index in [-0.39, 0.29) is 34.3 Å². The van der Waals surface area contributed by atoms with Gasteiger partial charge in [0, 0.05) is 18.6 Å². The lowest BCUT2D eigenvalue weighted by molar-refractivity contribution is -0.111. The molecule has 0 aromatic carbocycles. The highest BCUT2D eigenvalue weighted by Crippen LogP contribution is 2.39. The Bertz CT molecular complexity index is 631. The maximum Gasteiger partial charge on any atom is 0.192 e. The molecular formula is C27H54O4Si2. The minimum absolute atomic E-state index is 0.0149. The lowest BCUT2D eigenvalue weighted by Crippen LogP contribution is -2.44. The first-order chi connectivity index (χ1) is 14.9. The molecule has 1 heterocycles. The van der Waals surface area contributed by atoms with Gasteiger partial charge >= 0.3 is 0 Å². The number of rotatable bonds is 13. The van der Waals surface area contributed by atoms with Gasteiger partial charge < -0.3 is 18.4 Å². The maximum absolute atomic E-state index is 11.3. The van der Waals surface area contributed by atoms with Crippen molar-refractivity contribution in [2.45, 2.75) is 142 Å². The highest BCUT2D eigenvalue weighted by Gasteiger charge is 2.40. The normalized spacial score (nSPS) is 22.5. The van der Waals surface area contributed by atoms with Gasteiger partial charge in [-0.15, -0.1) is 0 Å². The van der Waals surface area contributed by atoms with Crippen molar-refractivity contribution in [3.05, 3.63) is 12.2 Å². The van der Waals surface area contributed by atoms with E-state index in [1.54, 1.807) is 0 Å². The summed E-state index contributed by atoms with van der Waals surface area (Å²) in [5.74, 6) is 0.0149. The van der Waals surface area contributed by atoms with E-state index in [9.17, 15) is 4.79 Å². The summed E-state index contributed by atoms with van der Waals surface area (Å²) in [6.45, 7) is 30.0. The molecule has 0 aliphatic carbocycles. The summed E-state index contributed by atoms with van der Waals surface area (Å²) in [6.07, 6.45) is 7.12. The Morgan fingerprint density at radius 2 is 1.64 bits per heavy atom. The van der Waals surface area contributed by atoms with Crippen molar-refractivity contribution in [3.8, 4) is 0 Å². The number of hydrogen-bond acceptors (Lipinski definition) is 4. The van der Waals surface area contributed by atoms with Gasteiger partial charge in [-0.2, -0.15) is 0 Å². The molecule has 1 fully saturated rings. The van der Waals surface area contributed by atoms with E-state index >= 15 is 0 Å². The minimum atomic E-state index is -1.90. The monoisotopic (exact) mass is 498 g/mol. The molecule has 0 amide bonds. The molecule has 33 heavy (non-hydrogen) atoms. The summed E-state index contributed by atoms with van der Waals surface area (Å²) in [4.78, 5) is 11.3. The Kier molecular flexibility index (Phi) is 11.3. The third kappa shape index (κ3) is 9.71. The molecule has 6 heteroatoms. The topological polar surface area (TPSA) is 44.8 Å². The summed E-state index contributed by atoms with van der Waals surface area (Å²) < 4.78 is 19.4. The van der Waals surface area contributed by atoms with E-state index < -0.39 is 16.6 Å². The second-order valence-corrected chi connectivity index (χ2v) is 22.9. The van der Waals surface area contributed by atoms with E-state index in [4.69, 9.17) is 13.6 Å². The van der Waals surface area contributed by atoms with Crippen LogP contribution in [0.5, 0.6) is 0 Å². The Hall–Kier alpha value is -0.276. The van der Waals surface area contributed by atoms with E-state index in [2.05, 4.69) is 74.3 Å². The predicted molar refractivity (Wildman–Crippen MR) is 146 cm³/mol. The van der Waals surface area contributed by atoms with Crippen molar-refractivity contribution in [2.24, 2.45) is 5.92 Å². The van der Waals surface area contributed by atoms with Crippen molar-refractivity contribution in [1.82, 2.24) is 0 Å². The lowest BCUT2D eigenvalue weighted by Gasteiger charge is -2.40. The van der Waals surface area contributed by atoms with Crippen molar-refractivity contribution in [3.63, 3.8) is 0 Å². The highest BCUT2D eigenvalue weighted by atomic mass is 28.4. The van der Waals surface area contributed by atoms with Crippen molar-refractivity contribution >= 4 is 22.9 Å². The van der Waals surface area contributed by atoms with Crippen LogP contribution in [-0.2, 0) is 18.4 Å². The fourth-order valence-electron chi connectivity index (χ4n) is 3.72. The number of aldehydes is 1. The molecule has 194 valence electrons. The smallest absolute Gasteiger partial charge is 0.192 e. The second-order valence-electron chi connectivity index (χ2n) is 13.3. The van der Waals surface area contributed by atoms with Gasteiger partial charge in [-0.3, -0.25) is 0 Å². The number of carbonyl (C=O) groups excluding carboxylic acids is 1. The number of carbonyl (C=O) groups is 1. The van der Waals surface area contributed by atoms with Gasteiger partial charge in [-0.25, -0.2) is 0 Å².